The molecule has 0 spiro atoms. The van der Waals surface area contributed by atoms with Crippen LogP contribution in [0.3, 0.4) is 0 Å². The molecule has 0 aromatic heterocycles. The molecule has 3 heteroatoms. The van der Waals surface area contributed by atoms with Crippen LogP contribution in [0.5, 0.6) is 5.75 Å². The maximum atomic E-state index is 10.6. The van der Waals surface area contributed by atoms with Gasteiger partial charge in [-0.2, -0.15) is 0 Å². The van der Waals surface area contributed by atoms with E-state index in [0.29, 0.717) is 12.2 Å². The van der Waals surface area contributed by atoms with Gasteiger partial charge in [0.15, 0.2) is 0 Å². The number of phenolic OH excluding ortho intramolecular Hbond substituents is 1. The fourth-order valence-electron chi connectivity index (χ4n) is 2.51. The number of benzene rings is 1. The Balaban J connectivity index is 2.47. The highest BCUT2D eigenvalue weighted by molar-refractivity contribution is 9.10. The topological polar surface area (TPSA) is 37.3 Å². The quantitative estimate of drug-likeness (QED) is 0.863. The summed E-state index contributed by atoms with van der Waals surface area (Å²) in [6, 6.07) is 2.09. The van der Waals surface area contributed by atoms with Crippen LogP contribution >= 0.6 is 15.9 Å². The first kappa shape index (κ1) is 12.6. The van der Waals surface area contributed by atoms with Crippen LogP contribution in [-0.2, 0) is 17.6 Å². The number of aryl methyl sites for hydroxylation is 1. The molecular formula is C14H17BrO2. The van der Waals surface area contributed by atoms with E-state index < -0.39 is 0 Å². The van der Waals surface area contributed by atoms with E-state index in [0.717, 1.165) is 29.2 Å². The van der Waals surface area contributed by atoms with Crippen LogP contribution in [0, 0.1) is 0 Å². The zero-order chi connectivity index (χ0) is 12.4. The summed E-state index contributed by atoms with van der Waals surface area (Å²) in [4.78, 5) is 10.6. The van der Waals surface area contributed by atoms with Crippen LogP contribution in [0.15, 0.2) is 10.5 Å². The molecule has 2 nitrogen and oxygen atoms in total. The predicted molar refractivity (Wildman–Crippen MR) is 71.5 cm³/mol. The molecule has 0 saturated carbocycles. The summed E-state index contributed by atoms with van der Waals surface area (Å²) in [6.07, 6.45) is 5.89. The summed E-state index contributed by atoms with van der Waals surface area (Å²) in [5, 5.41) is 10.2. The number of carbonyl (C=O) groups excluding carboxylic acids is 1. The van der Waals surface area contributed by atoms with Crippen LogP contribution < -0.4 is 0 Å². The maximum Gasteiger partial charge on any atom is 0.133 e. The van der Waals surface area contributed by atoms with E-state index in [2.05, 4.69) is 22.0 Å². The summed E-state index contributed by atoms with van der Waals surface area (Å²) in [5.74, 6) is 0.399. The van der Waals surface area contributed by atoms with Crippen molar-refractivity contribution in [3.05, 3.63) is 27.2 Å². The van der Waals surface area contributed by atoms with Gasteiger partial charge in [-0.05, 0) is 64.2 Å². The van der Waals surface area contributed by atoms with E-state index in [1.807, 2.05) is 6.92 Å². The van der Waals surface area contributed by atoms with E-state index >= 15 is 0 Å². The molecule has 92 valence electrons. The first-order valence-electron chi connectivity index (χ1n) is 6.12. The minimum Gasteiger partial charge on any atom is -0.506 e. The molecule has 0 aliphatic heterocycles. The van der Waals surface area contributed by atoms with Gasteiger partial charge in [0, 0.05) is 6.42 Å². The van der Waals surface area contributed by atoms with E-state index in [9.17, 15) is 9.90 Å². The van der Waals surface area contributed by atoms with Crippen molar-refractivity contribution in [2.75, 3.05) is 0 Å². The summed E-state index contributed by atoms with van der Waals surface area (Å²) in [6.45, 7) is 1.98. The molecule has 2 rings (SSSR count). The van der Waals surface area contributed by atoms with Gasteiger partial charge in [0.25, 0.3) is 0 Å². The number of rotatable bonds is 3. The minimum absolute atomic E-state index is 0.0797. The molecule has 0 radical (unpaired) electrons. The maximum absolute atomic E-state index is 10.6. The Labute approximate surface area is 110 Å². The van der Waals surface area contributed by atoms with E-state index in [4.69, 9.17) is 0 Å². The number of phenols is 1. The molecule has 0 saturated heterocycles. The van der Waals surface area contributed by atoms with Crippen molar-refractivity contribution in [3.8, 4) is 5.75 Å². The van der Waals surface area contributed by atoms with Crippen molar-refractivity contribution < 1.29 is 9.90 Å². The van der Waals surface area contributed by atoms with Crippen molar-refractivity contribution in [3.63, 3.8) is 0 Å². The van der Waals surface area contributed by atoms with Gasteiger partial charge in [-0.15, -0.1) is 0 Å². The molecule has 1 atom stereocenters. The number of aldehydes is 1. The van der Waals surface area contributed by atoms with Crippen molar-refractivity contribution in [1.82, 2.24) is 0 Å². The number of hydrogen-bond acceptors (Lipinski definition) is 2. The highest BCUT2D eigenvalue weighted by Crippen LogP contribution is 2.40. The molecular weight excluding hydrogens is 280 g/mol. The molecule has 1 unspecified atom stereocenters. The van der Waals surface area contributed by atoms with Gasteiger partial charge in [0.2, 0.25) is 0 Å². The Morgan fingerprint density at radius 1 is 1.47 bits per heavy atom. The second-order valence-corrected chi connectivity index (χ2v) is 5.57. The third-order valence-electron chi connectivity index (χ3n) is 3.57. The molecule has 1 aliphatic carbocycles. The Hall–Kier alpha value is -0.830. The first-order chi connectivity index (χ1) is 8.15. The smallest absolute Gasteiger partial charge is 0.133 e. The van der Waals surface area contributed by atoms with Crippen molar-refractivity contribution in [2.45, 2.75) is 44.9 Å². The standard InChI is InChI=1S/C14H17BrO2/c1-9(6-7-16)12-8-10-4-2-3-5-11(10)13(15)14(12)17/h7-9,17H,2-6H2,1H3. The second-order valence-electron chi connectivity index (χ2n) is 4.78. The number of hydrogen-bond donors (Lipinski definition) is 1. The zero-order valence-electron chi connectivity index (χ0n) is 10.0. The van der Waals surface area contributed by atoms with Gasteiger partial charge < -0.3 is 9.90 Å². The SMILES string of the molecule is CC(CC=O)c1cc2c(c(Br)c1O)CCCC2. The molecule has 17 heavy (non-hydrogen) atoms. The van der Waals surface area contributed by atoms with Gasteiger partial charge in [0.05, 0.1) is 4.47 Å². The van der Waals surface area contributed by atoms with Gasteiger partial charge in [0.1, 0.15) is 12.0 Å². The van der Waals surface area contributed by atoms with E-state index in [1.54, 1.807) is 0 Å². The van der Waals surface area contributed by atoms with Gasteiger partial charge in [-0.25, -0.2) is 0 Å². The Kier molecular flexibility index (Phi) is 3.87. The monoisotopic (exact) mass is 296 g/mol. The summed E-state index contributed by atoms with van der Waals surface area (Å²) >= 11 is 3.50. The molecule has 1 aromatic rings. The number of aromatic hydroxyl groups is 1. The van der Waals surface area contributed by atoms with E-state index in [1.165, 1.54) is 24.0 Å². The van der Waals surface area contributed by atoms with Crippen LogP contribution in [-0.4, -0.2) is 11.4 Å². The Morgan fingerprint density at radius 3 is 2.88 bits per heavy atom. The lowest BCUT2D eigenvalue weighted by Crippen LogP contribution is -2.06. The summed E-state index contributed by atoms with van der Waals surface area (Å²) < 4.78 is 0.836. The van der Waals surface area contributed by atoms with Gasteiger partial charge in [-0.3, -0.25) is 0 Å². The van der Waals surface area contributed by atoms with Crippen molar-refractivity contribution >= 4 is 22.2 Å². The molecule has 0 bridgehead atoms. The highest BCUT2D eigenvalue weighted by atomic mass is 79.9. The number of halogens is 1. The molecule has 0 fully saturated rings. The van der Waals surface area contributed by atoms with Crippen molar-refractivity contribution in [2.24, 2.45) is 0 Å². The van der Waals surface area contributed by atoms with Crippen LogP contribution in [0.1, 0.15) is 48.8 Å². The fraction of sp³-hybridized carbons (Fsp3) is 0.500. The third kappa shape index (κ3) is 2.39. The largest absolute Gasteiger partial charge is 0.506 e. The second kappa shape index (κ2) is 5.21. The average molecular weight is 297 g/mol. The summed E-state index contributed by atoms with van der Waals surface area (Å²) in [7, 11) is 0. The Bertz CT molecular complexity index is 440. The predicted octanol–water partition coefficient (Wildman–Crippen LogP) is 3.73. The third-order valence-corrected chi connectivity index (χ3v) is 4.42. The molecule has 1 N–H and O–H groups in total. The first-order valence-corrected chi connectivity index (χ1v) is 6.91. The van der Waals surface area contributed by atoms with Crippen molar-refractivity contribution in [1.29, 1.82) is 0 Å². The van der Waals surface area contributed by atoms with Gasteiger partial charge in [-0.1, -0.05) is 13.0 Å². The van der Waals surface area contributed by atoms with Crippen LogP contribution in [0.25, 0.3) is 0 Å². The highest BCUT2D eigenvalue weighted by Gasteiger charge is 2.20. The molecule has 1 aromatic carbocycles. The number of fused-ring (bicyclic) bond motifs is 1. The lowest BCUT2D eigenvalue weighted by molar-refractivity contribution is -0.108. The minimum atomic E-state index is 0.0797. The zero-order valence-corrected chi connectivity index (χ0v) is 11.6. The van der Waals surface area contributed by atoms with Crippen LogP contribution in [0.2, 0.25) is 0 Å². The van der Waals surface area contributed by atoms with E-state index in [-0.39, 0.29) is 5.92 Å². The lowest BCUT2D eigenvalue weighted by Gasteiger charge is -2.22. The number of carbonyl (C=O) groups is 1. The van der Waals surface area contributed by atoms with Crippen LogP contribution in [0.4, 0.5) is 0 Å². The molecule has 0 heterocycles. The normalized spacial score (nSPS) is 16.4. The average Bonchev–Trinajstić information content (AvgIpc) is 2.34. The lowest BCUT2D eigenvalue weighted by atomic mass is 9.86. The fourth-order valence-corrected chi connectivity index (χ4v) is 3.19. The summed E-state index contributed by atoms with van der Waals surface area (Å²) in [5.41, 5.74) is 3.47. The molecule has 0 amide bonds. The molecule has 1 aliphatic rings. The Morgan fingerprint density at radius 2 is 2.18 bits per heavy atom. The van der Waals surface area contributed by atoms with Gasteiger partial charge >= 0.3 is 0 Å².